The van der Waals surface area contributed by atoms with E-state index >= 15 is 0 Å². The number of carbonyl (C=O) groups is 1. The van der Waals surface area contributed by atoms with E-state index in [1.807, 2.05) is 48.5 Å². The van der Waals surface area contributed by atoms with Gasteiger partial charge in [-0.3, -0.25) is 0 Å². The maximum Gasteiger partial charge on any atom is 0.319 e. The summed E-state index contributed by atoms with van der Waals surface area (Å²) in [6.45, 7) is 1.98. The first-order valence-electron chi connectivity index (χ1n) is 8.34. The normalized spacial score (nSPS) is 15.1. The number of aliphatic hydroxyl groups excluding tert-OH is 1. The Balaban J connectivity index is 1.63. The van der Waals surface area contributed by atoms with Crippen molar-refractivity contribution in [3.63, 3.8) is 0 Å². The van der Waals surface area contributed by atoms with Crippen molar-refractivity contribution in [1.29, 1.82) is 0 Å². The SMILES string of the molecule is O=C(Nc1cccc(N2CCCC2)c1)NC(CO)c1ccccc1. The Kier molecular flexibility index (Phi) is 5.33. The lowest BCUT2D eigenvalue weighted by Crippen LogP contribution is -2.34. The molecule has 0 saturated carbocycles. The van der Waals surface area contributed by atoms with Gasteiger partial charge in [0.1, 0.15) is 0 Å². The van der Waals surface area contributed by atoms with Gasteiger partial charge in [0.25, 0.3) is 0 Å². The molecule has 3 N–H and O–H groups in total. The van der Waals surface area contributed by atoms with Crippen molar-refractivity contribution < 1.29 is 9.90 Å². The summed E-state index contributed by atoms with van der Waals surface area (Å²) in [5.41, 5.74) is 2.76. The van der Waals surface area contributed by atoms with E-state index in [2.05, 4.69) is 21.6 Å². The average molecular weight is 325 g/mol. The maximum absolute atomic E-state index is 12.2. The molecule has 1 aliphatic rings. The summed E-state index contributed by atoms with van der Waals surface area (Å²) in [4.78, 5) is 14.6. The standard InChI is InChI=1S/C19H23N3O2/c23-14-18(15-7-2-1-3-8-15)21-19(24)20-16-9-6-10-17(13-16)22-11-4-5-12-22/h1-3,6-10,13,18,23H,4-5,11-12,14H2,(H2,20,21,24). The largest absolute Gasteiger partial charge is 0.394 e. The average Bonchev–Trinajstić information content (AvgIpc) is 3.15. The molecule has 126 valence electrons. The van der Waals surface area contributed by atoms with Gasteiger partial charge in [0, 0.05) is 24.5 Å². The number of anilines is 2. The molecule has 1 unspecified atom stereocenters. The van der Waals surface area contributed by atoms with E-state index in [0.717, 1.165) is 30.0 Å². The van der Waals surface area contributed by atoms with E-state index in [-0.39, 0.29) is 12.6 Å². The second-order valence-corrected chi connectivity index (χ2v) is 5.99. The Bertz CT molecular complexity index is 669. The van der Waals surface area contributed by atoms with Crippen LogP contribution in [-0.2, 0) is 0 Å². The van der Waals surface area contributed by atoms with Crippen LogP contribution in [-0.4, -0.2) is 30.8 Å². The summed E-state index contributed by atoms with van der Waals surface area (Å²) in [5.74, 6) is 0. The highest BCUT2D eigenvalue weighted by molar-refractivity contribution is 5.90. The third kappa shape index (κ3) is 4.06. The van der Waals surface area contributed by atoms with Crippen LogP contribution in [0, 0.1) is 0 Å². The van der Waals surface area contributed by atoms with Gasteiger partial charge >= 0.3 is 6.03 Å². The highest BCUT2D eigenvalue weighted by Gasteiger charge is 2.15. The fourth-order valence-corrected chi connectivity index (χ4v) is 3.00. The molecule has 0 spiro atoms. The van der Waals surface area contributed by atoms with Crippen LogP contribution in [0.5, 0.6) is 0 Å². The summed E-state index contributed by atoms with van der Waals surface area (Å²) < 4.78 is 0. The summed E-state index contributed by atoms with van der Waals surface area (Å²) in [5, 5.41) is 15.2. The van der Waals surface area contributed by atoms with Crippen molar-refractivity contribution in [3.05, 3.63) is 60.2 Å². The molecule has 0 aromatic heterocycles. The van der Waals surface area contributed by atoms with Crippen LogP contribution in [0.2, 0.25) is 0 Å². The fourth-order valence-electron chi connectivity index (χ4n) is 3.00. The molecule has 1 atom stereocenters. The van der Waals surface area contributed by atoms with E-state index in [0.29, 0.717) is 0 Å². The molecule has 2 aromatic carbocycles. The Morgan fingerprint density at radius 1 is 1.08 bits per heavy atom. The smallest absolute Gasteiger partial charge is 0.319 e. The molecule has 3 rings (SSSR count). The van der Waals surface area contributed by atoms with Gasteiger partial charge in [-0.15, -0.1) is 0 Å². The number of nitrogens with one attached hydrogen (secondary N) is 2. The number of hydrogen-bond donors (Lipinski definition) is 3. The molecule has 1 fully saturated rings. The number of aliphatic hydroxyl groups is 1. The molecule has 0 radical (unpaired) electrons. The Hall–Kier alpha value is -2.53. The van der Waals surface area contributed by atoms with Gasteiger partial charge in [0.05, 0.1) is 12.6 Å². The minimum Gasteiger partial charge on any atom is -0.394 e. The molecule has 5 heteroatoms. The molecular formula is C19H23N3O2. The van der Waals surface area contributed by atoms with E-state index in [4.69, 9.17) is 0 Å². The Morgan fingerprint density at radius 3 is 2.54 bits per heavy atom. The van der Waals surface area contributed by atoms with Gasteiger partial charge in [0.15, 0.2) is 0 Å². The second-order valence-electron chi connectivity index (χ2n) is 5.99. The van der Waals surface area contributed by atoms with Crippen LogP contribution in [0.3, 0.4) is 0 Å². The highest BCUT2D eigenvalue weighted by atomic mass is 16.3. The number of hydrogen-bond acceptors (Lipinski definition) is 3. The number of benzene rings is 2. The molecule has 2 aromatic rings. The molecule has 24 heavy (non-hydrogen) atoms. The van der Waals surface area contributed by atoms with Crippen molar-refractivity contribution in [3.8, 4) is 0 Å². The van der Waals surface area contributed by atoms with Crippen molar-refractivity contribution in [2.24, 2.45) is 0 Å². The third-order valence-corrected chi connectivity index (χ3v) is 4.27. The van der Waals surface area contributed by atoms with Gasteiger partial charge in [0.2, 0.25) is 0 Å². The molecular weight excluding hydrogens is 302 g/mol. The lowest BCUT2D eigenvalue weighted by atomic mass is 10.1. The molecule has 1 heterocycles. The van der Waals surface area contributed by atoms with Crippen LogP contribution in [0.4, 0.5) is 16.2 Å². The first-order valence-corrected chi connectivity index (χ1v) is 8.34. The first-order chi connectivity index (χ1) is 11.8. The highest BCUT2D eigenvalue weighted by Crippen LogP contribution is 2.23. The lowest BCUT2D eigenvalue weighted by molar-refractivity contribution is 0.225. The predicted molar refractivity (Wildman–Crippen MR) is 96.3 cm³/mol. The molecule has 0 aliphatic carbocycles. The van der Waals surface area contributed by atoms with E-state index < -0.39 is 6.04 Å². The van der Waals surface area contributed by atoms with E-state index in [9.17, 15) is 9.90 Å². The zero-order valence-electron chi connectivity index (χ0n) is 13.6. The molecule has 0 bridgehead atoms. The minimum atomic E-state index is -0.423. The van der Waals surface area contributed by atoms with Crippen molar-refractivity contribution in [1.82, 2.24) is 5.32 Å². The van der Waals surface area contributed by atoms with Crippen molar-refractivity contribution >= 4 is 17.4 Å². The second kappa shape index (κ2) is 7.84. The summed E-state index contributed by atoms with van der Waals surface area (Å²) >= 11 is 0. The zero-order chi connectivity index (χ0) is 16.8. The van der Waals surface area contributed by atoms with Crippen LogP contribution in [0.1, 0.15) is 24.4 Å². The topological polar surface area (TPSA) is 64.6 Å². The Labute approximate surface area is 142 Å². The lowest BCUT2D eigenvalue weighted by Gasteiger charge is -2.20. The number of urea groups is 1. The number of carbonyl (C=O) groups excluding carboxylic acids is 1. The van der Waals surface area contributed by atoms with Gasteiger partial charge in [-0.1, -0.05) is 36.4 Å². The van der Waals surface area contributed by atoms with Crippen LogP contribution in [0.25, 0.3) is 0 Å². The Morgan fingerprint density at radius 2 is 1.83 bits per heavy atom. The third-order valence-electron chi connectivity index (χ3n) is 4.27. The van der Waals surface area contributed by atoms with Crippen molar-refractivity contribution in [2.75, 3.05) is 29.9 Å². The first kappa shape index (κ1) is 16.3. The summed E-state index contributed by atoms with van der Waals surface area (Å²) in [6.07, 6.45) is 2.43. The van der Waals surface area contributed by atoms with Crippen LogP contribution in [0.15, 0.2) is 54.6 Å². The van der Waals surface area contributed by atoms with E-state index in [1.54, 1.807) is 0 Å². The summed E-state index contributed by atoms with van der Waals surface area (Å²) in [6, 6.07) is 16.6. The van der Waals surface area contributed by atoms with Gasteiger partial charge < -0.3 is 20.6 Å². The maximum atomic E-state index is 12.2. The number of nitrogens with zero attached hydrogens (tertiary/aromatic N) is 1. The van der Waals surface area contributed by atoms with Gasteiger partial charge in [-0.05, 0) is 36.6 Å². The van der Waals surface area contributed by atoms with Crippen LogP contribution >= 0.6 is 0 Å². The zero-order valence-corrected chi connectivity index (χ0v) is 13.6. The number of rotatable bonds is 5. The van der Waals surface area contributed by atoms with Crippen molar-refractivity contribution in [2.45, 2.75) is 18.9 Å². The predicted octanol–water partition coefficient (Wildman–Crippen LogP) is 3.14. The molecule has 5 nitrogen and oxygen atoms in total. The van der Waals surface area contributed by atoms with Gasteiger partial charge in [-0.2, -0.15) is 0 Å². The molecule has 1 aliphatic heterocycles. The molecule has 1 saturated heterocycles. The number of amides is 2. The van der Waals surface area contributed by atoms with E-state index in [1.165, 1.54) is 12.8 Å². The monoisotopic (exact) mass is 325 g/mol. The minimum absolute atomic E-state index is 0.148. The summed E-state index contributed by atoms with van der Waals surface area (Å²) in [7, 11) is 0. The fraction of sp³-hybridized carbons (Fsp3) is 0.316. The quantitative estimate of drug-likeness (QED) is 0.791. The molecule has 2 amide bonds. The van der Waals surface area contributed by atoms with Gasteiger partial charge in [-0.25, -0.2) is 4.79 Å². The van der Waals surface area contributed by atoms with Crippen LogP contribution < -0.4 is 15.5 Å².